The maximum absolute atomic E-state index is 13.1. The zero-order chi connectivity index (χ0) is 21.0. The number of hydrogen-bond acceptors (Lipinski definition) is 4. The second-order valence-corrected chi connectivity index (χ2v) is 7.28. The van der Waals surface area contributed by atoms with Crippen LogP contribution in [0.3, 0.4) is 0 Å². The first-order chi connectivity index (χ1) is 13.7. The van der Waals surface area contributed by atoms with Gasteiger partial charge >= 0.3 is 12.2 Å². The Morgan fingerprint density at radius 3 is 2.59 bits per heavy atom. The van der Waals surface area contributed by atoms with Crippen LogP contribution in [0, 0.1) is 0 Å². The molecule has 0 unspecified atom stereocenters. The van der Waals surface area contributed by atoms with Crippen LogP contribution in [0.15, 0.2) is 36.7 Å². The fourth-order valence-electron chi connectivity index (χ4n) is 3.27. The van der Waals surface area contributed by atoms with E-state index in [0.29, 0.717) is 12.2 Å². The Balaban J connectivity index is 1.68. The van der Waals surface area contributed by atoms with E-state index in [9.17, 15) is 18.0 Å². The summed E-state index contributed by atoms with van der Waals surface area (Å²) in [6.45, 7) is 6.32. The van der Waals surface area contributed by atoms with Crippen LogP contribution in [-0.2, 0) is 6.18 Å². The molecule has 0 spiro atoms. The molecule has 1 aliphatic heterocycles. The molecule has 1 fully saturated rings. The molecule has 158 valence electrons. The van der Waals surface area contributed by atoms with Gasteiger partial charge in [0.2, 0.25) is 0 Å². The van der Waals surface area contributed by atoms with E-state index in [1.54, 1.807) is 12.3 Å². The van der Waals surface area contributed by atoms with Crippen LogP contribution in [-0.4, -0.2) is 71.4 Å². The number of likely N-dealkylation sites (N-methyl/N-ethyl adjacent to an activating group) is 1. The summed E-state index contributed by atoms with van der Waals surface area (Å²) in [5.74, 6) is 0. The van der Waals surface area contributed by atoms with Crippen molar-refractivity contribution in [1.82, 2.24) is 24.9 Å². The second kappa shape index (κ2) is 8.83. The van der Waals surface area contributed by atoms with Crippen LogP contribution < -0.4 is 10.6 Å². The van der Waals surface area contributed by atoms with E-state index in [2.05, 4.69) is 32.6 Å². The highest BCUT2D eigenvalue weighted by molar-refractivity contribution is 5.91. The third-order valence-corrected chi connectivity index (χ3v) is 4.83. The largest absolute Gasteiger partial charge is 0.416 e. The predicted molar refractivity (Wildman–Crippen MR) is 104 cm³/mol. The van der Waals surface area contributed by atoms with E-state index in [1.165, 1.54) is 16.9 Å². The molecule has 1 atom stereocenters. The highest BCUT2D eigenvalue weighted by atomic mass is 19.4. The van der Waals surface area contributed by atoms with Crippen molar-refractivity contribution < 1.29 is 18.0 Å². The zero-order valence-corrected chi connectivity index (χ0v) is 16.4. The lowest BCUT2D eigenvalue weighted by molar-refractivity contribution is -0.137. The average molecular weight is 410 g/mol. The molecular weight excluding hydrogens is 385 g/mol. The number of anilines is 1. The molecule has 1 saturated heterocycles. The Kier molecular flexibility index (Phi) is 6.43. The van der Waals surface area contributed by atoms with Crippen molar-refractivity contribution >= 4 is 11.7 Å². The highest BCUT2D eigenvalue weighted by Crippen LogP contribution is 2.33. The number of amides is 2. The van der Waals surface area contributed by atoms with Crippen molar-refractivity contribution in [3.05, 3.63) is 42.2 Å². The van der Waals surface area contributed by atoms with Crippen LogP contribution in [0.1, 0.15) is 12.5 Å². The predicted octanol–water partition coefficient (Wildman–Crippen LogP) is 2.65. The first-order valence-corrected chi connectivity index (χ1v) is 9.42. The van der Waals surface area contributed by atoms with Gasteiger partial charge in [0.15, 0.2) is 0 Å². The summed E-state index contributed by atoms with van der Waals surface area (Å²) in [6.07, 6.45) is -1.40. The van der Waals surface area contributed by atoms with Crippen molar-refractivity contribution in [3.63, 3.8) is 0 Å². The molecule has 0 saturated carbocycles. The van der Waals surface area contributed by atoms with E-state index in [1.807, 2.05) is 6.92 Å². The van der Waals surface area contributed by atoms with Gasteiger partial charge in [-0.3, -0.25) is 4.90 Å². The Hall–Kier alpha value is -2.59. The number of hydrogen-bond donors (Lipinski definition) is 2. The van der Waals surface area contributed by atoms with Crippen LogP contribution in [0.25, 0.3) is 5.69 Å². The third-order valence-electron chi connectivity index (χ3n) is 4.83. The fourth-order valence-corrected chi connectivity index (χ4v) is 3.27. The van der Waals surface area contributed by atoms with E-state index in [4.69, 9.17) is 0 Å². The van der Waals surface area contributed by atoms with Crippen LogP contribution in [0.5, 0.6) is 0 Å². The number of nitrogens with zero attached hydrogens (tertiary/aromatic N) is 4. The van der Waals surface area contributed by atoms with Crippen LogP contribution >= 0.6 is 0 Å². The van der Waals surface area contributed by atoms with Gasteiger partial charge in [0.25, 0.3) is 0 Å². The monoisotopic (exact) mass is 410 g/mol. The van der Waals surface area contributed by atoms with Crippen molar-refractivity contribution in [2.24, 2.45) is 0 Å². The molecule has 1 aliphatic rings. The number of benzene rings is 1. The molecule has 1 aromatic carbocycles. The van der Waals surface area contributed by atoms with Gasteiger partial charge in [-0.1, -0.05) is 0 Å². The van der Waals surface area contributed by atoms with Gasteiger partial charge in [-0.2, -0.15) is 18.3 Å². The van der Waals surface area contributed by atoms with Gasteiger partial charge in [-0.15, -0.1) is 0 Å². The molecule has 7 nitrogen and oxygen atoms in total. The quantitative estimate of drug-likeness (QED) is 0.796. The van der Waals surface area contributed by atoms with E-state index in [0.717, 1.165) is 38.3 Å². The summed E-state index contributed by atoms with van der Waals surface area (Å²) in [4.78, 5) is 16.9. The number of piperazine rings is 1. The van der Waals surface area contributed by atoms with Crippen molar-refractivity contribution in [2.45, 2.75) is 19.1 Å². The molecule has 0 radical (unpaired) electrons. The number of rotatable bonds is 5. The number of carbonyl (C=O) groups excluding carboxylic acids is 1. The standard InChI is InChI=1S/C19H25F3N6O/c1-14(13-27-10-8-26(2)9-11-27)24-18(29)25-16-12-15(19(20,21)22)4-5-17(16)28-7-3-6-23-28/h3-7,12,14H,8-11,13H2,1-2H3,(H2,24,25,29)/t14-/m0/s1. The number of urea groups is 1. The summed E-state index contributed by atoms with van der Waals surface area (Å²) < 4.78 is 40.8. The Labute approximate surface area is 167 Å². The normalized spacial score (nSPS) is 17.1. The minimum absolute atomic E-state index is 0.0350. The van der Waals surface area contributed by atoms with Crippen molar-refractivity contribution in [3.8, 4) is 5.69 Å². The molecule has 2 N–H and O–H groups in total. The number of alkyl halides is 3. The molecule has 29 heavy (non-hydrogen) atoms. The number of halogens is 3. The van der Waals surface area contributed by atoms with Gasteiger partial charge in [-0.05, 0) is 38.2 Å². The van der Waals surface area contributed by atoms with Crippen molar-refractivity contribution in [1.29, 1.82) is 0 Å². The molecule has 0 bridgehead atoms. The fraction of sp³-hybridized carbons (Fsp3) is 0.474. The first kappa shape index (κ1) is 21.1. The van der Waals surface area contributed by atoms with Gasteiger partial charge < -0.3 is 15.5 Å². The summed E-state index contributed by atoms with van der Waals surface area (Å²) >= 11 is 0. The summed E-state index contributed by atoms with van der Waals surface area (Å²) in [5.41, 5.74) is -0.452. The van der Waals surface area contributed by atoms with E-state index in [-0.39, 0.29) is 11.7 Å². The maximum atomic E-state index is 13.1. The maximum Gasteiger partial charge on any atom is 0.416 e. The molecule has 3 rings (SSSR count). The molecule has 2 heterocycles. The summed E-state index contributed by atoms with van der Waals surface area (Å²) in [6, 6.07) is 4.12. The lowest BCUT2D eigenvalue weighted by atomic mass is 10.1. The molecular formula is C19H25F3N6O. The lowest BCUT2D eigenvalue weighted by Gasteiger charge is -2.34. The molecule has 2 amide bonds. The zero-order valence-electron chi connectivity index (χ0n) is 16.4. The molecule has 10 heteroatoms. The SMILES string of the molecule is C[C@@H](CN1CCN(C)CC1)NC(=O)Nc1cc(C(F)(F)F)ccc1-n1cccn1. The van der Waals surface area contributed by atoms with Gasteiger partial charge in [0.05, 0.1) is 16.9 Å². The van der Waals surface area contributed by atoms with Gasteiger partial charge in [0.1, 0.15) is 0 Å². The van der Waals surface area contributed by atoms with E-state index >= 15 is 0 Å². The summed E-state index contributed by atoms with van der Waals surface area (Å²) in [5, 5.41) is 9.39. The lowest BCUT2D eigenvalue weighted by Crippen LogP contribution is -2.50. The van der Waals surface area contributed by atoms with Crippen LogP contribution in [0.2, 0.25) is 0 Å². The number of nitrogens with one attached hydrogen (secondary N) is 2. The Morgan fingerprint density at radius 1 is 1.24 bits per heavy atom. The van der Waals surface area contributed by atoms with Crippen molar-refractivity contribution in [2.75, 3.05) is 45.1 Å². The first-order valence-electron chi connectivity index (χ1n) is 9.42. The number of carbonyl (C=O) groups is 1. The minimum Gasteiger partial charge on any atom is -0.334 e. The third kappa shape index (κ3) is 5.70. The number of aromatic nitrogens is 2. The molecule has 1 aromatic heterocycles. The van der Waals surface area contributed by atoms with Gasteiger partial charge in [0, 0.05) is 51.2 Å². The molecule has 0 aliphatic carbocycles. The van der Waals surface area contributed by atoms with E-state index < -0.39 is 17.8 Å². The minimum atomic E-state index is -4.51. The average Bonchev–Trinajstić information content (AvgIpc) is 3.17. The smallest absolute Gasteiger partial charge is 0.334 e. The Bertz CT molecular complexity index is 816. The van der Waals surface area contributed by atoms with Crippen LogP contribution in [0.4, 0.5) is 23.7 Å². The Morgan fingerprint density at radius 2 is 1.97 bits per heavy atom. The second-order valence-electron chi connectivity index (χ2n) is 7.28. The summed E-state index contributed by atoms with van der Waals surface area (Å²) in [7, 11) is 2.07. The molecule has 2 aromatic rings. The van der Waals surface area contributed by atoms with Gasteiger partial charge in [-0.25, -0.2) is 9.48 Å². The highest BCUT2D eigenvalue weighted by Gasteiger charge is 2.31. The topological polar surface area (TPSA) is 65.4 Å².